The molecule has 0 aromatic heterocycles. The van der Waals surface area contributed by atoms with Gasteiger partial charge < -0.3 is 5.11 Å². The molecule has 1 aliphatic heterocycles. The Bertz CT molecular complexity index is 411. The van der Waals surface area contributed by atoms with Crippen molar-refractivity contribution >= 4 is 0 Å². The van der Waals surface area contributed by atoms with Gasteiger partial charge in [-0.3, -0.25) is 4.90 Å². The van der Waals surface area contributed by atoms with Gasteiger partial charge in [-0.1, -0.05) is 18.2 Å². The molecule has 2 rings (SSSR count). The normalized spacial score (nSPS) is 21.1. The van der Waals surface area contributed by atoms with Crippen molar-refractivity contribution in [2.24, 2.45) is 5.92 Å². The summed E-state index contributed by atoms with van der Waals surface area (Å²) in [6.07, 6.45) is 2.26. The van der Waals surface area contributed by atoms with Gasteiger partial charge in [-0.15, -0.1) is 0 Å². The maximum atomic E-state index is 9.20. The number of hydrogen-bond donors (Lipinski definition) is 1. The number of hydrogen-bond acceptors (Lipinski definition) is 3. The Balaban J connectivity index is 2.03. The molecule has 0 spiro atoms. The highest BCUT2D eigenvalue weighted by Gasteiger charge is 2.19. The summed E-state index contributed by atoms with van der Waals surface area (Å²) >= 11 is 0. The quantitative estimate of drug-likeness (QED) is 0.860. The molecular weight excluding hydrogens is 212 g/mol. The van der Waals surface area contributed by atoms with Gasteiger partial charge in [-0.2, -0.15) is 5.26 Å². The van der Waals surface area contributed by atoms with E-state index in [9.17, 15) is 5.11 Å². The van der Waals surface area contributed by atoms with Crippen molar-refractivity contribution < 1.29 is 5.11 Å². The number of likely N-dealkylation sites (tertiary alicyclic amines) is 1. The molecule has 1 N–H and O–H groups in total. The predicted molar refractivity (Wildman–Crippen MR) is 66.2 cm³/mol. The zero-order valence-corrected chi connectivity index (χ0v) is 9.97. The maximum Gasteiger partial charge on any atom is 0.0995 e. The lowest BCUT2D eigenvalue weighted by molar-refractivity contribution is 0.116. The monoisotopic (exact) mass is 230 g/mol. The number of benzene rings is 1. The summed E-state index contributed by atoms with van der Waals surface area (Å²) in [5.74, 6) is 0.401. The van der Waals surface area contributed by atoms with Crippen molar-refractivity contribution in [1.82, 2.24) is 4.90 Å². The molecule has 90 valence electrons. The van der Waals surface area contributed by atoms with E-state index in [-0.39, 0.29) is 6.61 Å². The third kappa shape index (κ3) is 3.06. The van der Waals surface area contributed by atoms with Crippen molar-refractivity contribution in [2.75, 3.05) is 19.7 Å². The number of piperidine rings is 1. The number of aliphatic hydroxyl groups is 1. The first-order chi connectivity index (χ1) is 8.33. The Morgan fingerprint density at radius 3 is 3.00 bits per heavy atom. The van der Waals surface area contributed by atoms with Gasteiger partial charge in [0.2, 0.25) is 0 Å². The first kappa shape index (κ1) is 12.1. The van der Waals surface area contributed by atoms with E-state index in [4.69, 9.17) is 5.26 Å². The summed E-state index contributed by atoms with van der Waals surface area (Å²) in [4.78, 5) is 2.33. The van der Waals surface area contributed by atoms with Crippen LogP contribution in [0.1, 0.15) is 24.0 Å². The number of aliphatic hydroxyl groups excluding tert-OH is 1. The molecule has 1 atom stereocenters. The molecule has 1 aliphatic rings. The van der Waals surface area contributed by atoms with Gasteiger partial charge in [0.1, 0.15) is 0 Å². The van der Waals surface area contributed by atoms with Gasteiger partial charge >= 0.3 is 0 Å². The molecule has 1 aromatic carbocycles. The summed E-state index contributed by atoms with van der Waals surface area (Å²) < 4.78 is 0. The smallest absolute Gasteiger partial charge is 0.0995 e. The fraction of sp³-hybridized carbons (Fsp3) is 0.500. The molecular formula is C14H18N2O. The van der Waals surface area contributed by atoms with E-state index in [0.29, 0.717) is 5.92 Å². The Kier molecular flexibility index (Phi) is 4.13. The number of nitriles is 1. The molecule has 1 saturated heterocycles. The maximum absolute atomic E-state index is 9.20. The van der Waals surface area contributed by atoms with E-state index in [1.165, 1.54) is 0 Å². The first-order valence-corrected chi connectivity index (χ1v) is 6.14. The molecule has 17 heavy (non-hydrogen) atoms. The first-order valence-electron chi connectivity index (χ1n) is 6.14. The van der Waals surface area contributed by atoms with E-state index < -0.39 is 0 Å². The molecule has 3 heteroatoms. The van der Waals surface area contributed by atoms with Crippen LogP contribution in [-0.2, 0) is 6.54 Å². The molecule has 0 radical (unpaired) electrons. The van der Waals surface area contributed by atoms with Gasteiger partial charge in [-0.05, 0) is 36.9 Å². The minimum Gasteiger partial charge on any atom is -0.396 e. The highest BCUT2D eigenvalue weighted by molar-refractivity contribution is 5.37. The standard InChI is InChI=1S/C14H18N2O/c15-8-13-5-1-2-6-14(13)10-16-7-3-4-12(9-16)11-17/h1-2,5-6,12,17H,3-4,7,9-11H2/t12-/m0/s1. The van der Waals surface area contributed by atoms with Gasteiger partial charge in [0.05, 0.1) is 11.6 Å². The molecule has 0 saturated carbocycles. The van der Waals surface area contributed by atoms with Crippen LogP contribution < -0.4 is 0 Å². The van der Waals surface area contributed by atoms with E-state index in [0.717, 1.165) is 43.6 Å². The highest BCUT2D eigenvalue weighted by Crippen LogP contribution is 2.19. The fourth-order valence-electron chi connectivity index (χ4n) is 2.45. The molecule has 0 unspecified atom stereocenters. The third-order valence-corrected chi connectivity index (χ3v) is 3.39. The minimum absolute atomic E-state index is 0.274. The lowest BCUT2D eigenvalue weighted by Gasteiger charge is -2.31. The van der Waals surface area contributed by atoms with Gasteiger partial charge in [0.15, 0.2) is 0 Å². The largest absolute Gasteiger partial charge is 0.396 e. The van der Waals surface area contributed by atoms with Crippen molar-refractivity contribution in [1.29, 1.82) is 5.26 Å². The predicted octanol–water partition coefficient (Wildman–Crippen LogP) is 1.76. The van der Waals surface area contributed by atoms with E-state index in [2.05, 4.69) is 11.0 Å². The van der Waals surface area contributed by atoms with Crippen molar-refractivity contribution in [3.63, 3.8) is 0 Å². The molecule has 1 fully saturated rings. The van der Waals surface area contributed by atoms with Crippen LogP contribution in [0, 0.1) is 17.2 Å². The van der Waals surface area contributed by atoms with Gasteiger partial charge in [-0.25, -0.2) is 0 Å². The molecule has 3 nitrogen and oxygen atoms in total. The topological polar surface area (TPSA) is 47.3 Å². The molecule has 0 amide bonds. The van der Waals surface area contributed by atoms with E-state index in [1.807, 2.05) is 24.3 Å². The Morgan fingerprint density at radius 2 is 2.24 bits per heavy atom. The van der Waals surface area contributed by atoms with Gasteiger partial charge in [0.25, 0.3) is 0 Å². The van der Waals surface area contributed by atoms with E-state index >= 15 is 0 Å². The van der Waals surface area contributed by atoms with Crippen LogP contribution in [-0.4, -0.2) is 29.7 Å². The van der Waals surface area contributed by atoms with Crippen LogP contribution in [0.2, 0.25) is 0 Å². The van der Waals surface area contributed by atoms with Crippen LogP contribution in [0.25, 0.3) is 0 Å². The van der Waals surface area contributed by atoms with Crippen molar-refractivity contribution in [2.45, 2.75) is 19.4 Å². The van der Waals surface area contributed by atoms with Crippen molar-refractivity contribution in [3.8, 4) is 6.07 Å². The highest BCUT2D eigenvalue weighted by atomic mass is 16.3. The third-order valence-electron chi connectivity index (χ3n) is 3.39. The van der Waals surface area contributed by atoms with Crippen LogP contribution in [0.15, 0.2) is 24.3 Å². The summed E-state index contributed by atoms with van der Waals surface area (Å²) in [5.41, 5.74) is 1.85. The van der Waals surface area contributed by atoms with Crippen LogP contribution in [0.4, 0.5) is 0 Å². The minimum atomic E-state index is 0.274. The zero-order chi connectivity index (χ0) is 12.1. The Hall–Kier alpha value is -1.37. The Morgan fingerprint density at radius 1 is 1.41 bits per heavy atom. The van der Waals surface area contributed by atoms with Crippen LogP contribution >= 0.6 is 0 Å². The van der Waals surface area contributed by atoms with E-state index in [1.54, 1.807) is 0 Å². The molecule has 0 aliphatic carbocycles. The molecule has 1 aromatic rings. The summed E-state index contributed by atoms with van der Waals surface area (Å²) in [7, 11) is 0. The number of rotatable bonds is 3. The summed E-state index contributed by atoms with van der Waals surface area (Å²) in [6, 6.07) is 9.99. The van der Waals surface area contributed by atoms with Crippen molar-refractivity contribution in [3.05, 3.63) is 35.4 Å². The summed E-state index contributed by atoms with van der Waals surface area (Å²) in [5, 5.41) is 18.2. The Labute approximate surface area is 102 Å². The van der Waals surface area contributed by atoms with Crippen LogP contribution in [0.3, 0.4) is 0 Å². The zero-order valence-electron chi connectivity index (χ0n) is 9.97. The fourth-order valence-corrected chi connectivity index (χ4v) is 2.45. The SMILES string of the molecule is N#Cc1ccccc1CN1CCC[C@H](CO)C1. The lowest BCUT2D eigenvalue weighted by atomic mass is 9.98. The lowest BCUT2D eigenvalue weighted by Crippen LogP contribution is -2.36. The molecule has 0 bridgehead atoms. The average molecular weight is 230 g/mol. The van der Waals surface area contributed by atoms with Gasteiger partial charge in [0, 0.05) is 19.7 Å². The number of nitrogens with zero attached hydrogens (tertiary/aromatic N) is 2. The second-order valence-electron chi connectivity index (χ2n) is 4.69. The second kappa shape index (κ2) is 5.81. The molecule has 1 heterocycles. The second-order valence-corrected chi connectivity index (χ2v) is 4.69. The average Bonchev–Trinajstić information content (AvgIpc) is 2.39. The van der Waals surface area contributed by atoms with Crippen LogP contribution in [0.5, 0.6) is 0 Å². The summed E-state index contributed by atoms with van der Waals surface area (Å²) in [6.45, 7) is 3.10.